The van der Waals surface area contributed by atoms with Gasteiger partial charge in [-0.2, -0.15) is 0 Å². The van der Waals surface area contributed by atoms with E-state index in [4.69, 9.17) is 9.15 Å². The van der Waals surface area contributed by atoms with Crippen LogP contribution in [0.5, 0.6) is 0 Å². The number of hydrogen-bond donors (Lipinski definition) is 1. The number of hydrogen-bond acceptors (Lipinski definition) is 6. The molecule has 8 heteroatoms. The Morgan fingerprint density at radius 1 is 0.926 bits per heavy atom. The van der Waals surface area contributed by atoms with Crippen molar-refractivity contribution in [3.8, 4) is 0 Å². The van der Waals surface area contributed by atoms with Crippen molar-refractivity contribution < 1.29 is 17.6 Å². The molecule has 1 aliphatic rings. The van der Waals surface area contributed by atoms with Crippen LogP contribution in [0.15, 0.2) is 68.7 Å². The normalized spacial score (nSPS) is 15.0. The van der Waals surface area contributed by atoms with Gasteiger partial charge in [0.25, 0.3) is 10.0 Å². The number of anilines is 2. The van der Waals surface area contributed by atoms with Crippen molar-refractivity contribution in [2.24, 2.45) is 0 Å². The maximum absolute atomic E-state index is 12.7. The molecule has 0 unspecified atom stereocenters. The minimum Gasteiger partial charge on any atom is -0.423 e. The molecule has 0 aliphatic carbocycles. The summed E-state index contributed by atoms with van der Waals surface area (Å²) < 4.78 is 38.3. The van der Waals surface area contributed by atoms with Crippen molar-refractivity contribution in [2.45, 2.75) is 4.90 Å². The van der Waals surface area contributed by atoms with Crippen LogP contribution < -0.4 is 15.2 Å². The molecule has 0 bridgehead atoms. The predicted molar refractivity (Wildman–Crippen MR) is 103 cm³/mol. The average Bonchev–Trinajstić information content (AvgIpc) is 2.68. The summed E-state index contributed by atoms with van der Waals surface area (Å²) in [4.78, 5) is 13.5. The molecule has 0 amide bonds. The monoisotopic (exact) mass is 386 g/mol. The van der Waals surface area contributed by atoms with E-state index < -0.39 is 15.6 Å². The molecule has 2 heterocycles. The van der Waals surface area contributed by atoms with Crippen LogP contribution in [0, 0.1) is 0 Å². The molecule has 3 aromatic rings. The molecule has 0 saturated carbocycles. The number of rotatable bonds is 4. The second kappa shape index (κ2) is 7.05. The Balaban J connectivity index is 1.55. The van der Waals surface area contributed by atoms with Gasteiger partial charge in [-0.15, -0.1) is 0 Å². The summed E-state index contributed by atoms with van der Waals surface area (Å²) in [6.07, 6.45) is 0. The Bertz CT molecular complexity index is 1120. The Hall–Kier alpha value is -2.84. The fourth-order valence-corrected chi connectivity index (χ4v) is 4.09. The molecule has 1 fully saturated rings. The lowest BCUT2D eigenvalue weighted by molar-refractivity contribution is 0.122. The molecule has 1 saturated heterocycles. The zero-order valence-electron chi connectivity index (χ0n) is 14.4. The quantitative estimate of drug-likeness (QED) is 0.693. The average molecular weight is 386 g/mol. The van der Waals surface area contributed by atoms with E-state index in [1.54, 1.807) is 12.1 Å². The zero-order chi connectivity index (χ0) is 18.9. The highest BCUT2D eigenvalue weighted by atomic mass is 32.2. The summed E-state index contributed by atoms with van der Waals surface area (Å²) in [6, 6.07) is 14.4. The summed E-state index contributed by atoms with van der Waals surface area (Å²) in [7, 11) is -3.76. The van der Waals surface area contributed by atoms with Gasteiger partial charge in [-0.05, 0) is 48.5 Å². The molecule has 1 aliphatic heterocycles. The maximum Gasteiger partial charge on any atom is 0.336 e. The van der Waals surface area contributed by atoms with Gasteiger partial charge in [0.05, 0.1) is 18.1 Å². The summed E-state index contributed by atoms with van der Waals surface area (Å²) in [5.74, 6) is 0. The van der Waals surface area contributed by atoms with E-state index in [0.717, 1.165) is 18.8 Å². The minimum atomic E-state index is -3.76. The summed E-state index contributed by atoms with van der Waals surface area (Å²) in [5, 5.41) is 0.542. The smallest absolute Gasteiger partial charge is 0.336 e. The molecular weight excluding hydrogens is 368 g/mol. The van der Waals surface area contributed by atoms with Gasteiger partial charge in [-0.25, -0.2) is 13.2 Å². The molecule has 7 nitrogen and oxygen atoms in total. The lowest BCUT2D eigenvalue weighted by atomic mass is 10.2. The van der Waals surface area contributed by atoms with E-state index in [1.807, 2.05) is 12.1 Å². The maximum atomic E-state index is 12.7. The number of fused-ring (bicyclic) bond motifs is 1. The Morgan fingerprint density at radius 2 is 1.67 bits per heavy atom. The van der Waals surface area contributed by atoms with Gasteiger partial charge in [-0.3, -0.25) is 4.72 Å². The third-order valence-electron chi connectivity index (χ3n) is 4.40. The largest absolute Gasteiger partial charge is 0.423 e. The standard InChI is InChI=1S/C19H18N2O5S/c22-19-8-1-14-13-17(6-7-18(14)26-19)27(23,24)20-15-2-4-16(5-3-15)21-9-11-25-12-10-21/h1-8,13,20H,9-12H2. The molecule has 0 atom stereocenters. The van der Waals surface area contributed by atoms with Gasteiger partial charge in [0.1, 0.15) is 5.58 Å². The van der Waals surface area contributed by atoms with Crippen LogP contribution in [0.1, 0.15) is 0 Å². The van der Waals surface area contributed by atoms with Gasteiger partial charge < -0.3 is 14.1 Å². The first kappa shape index (κ1) is 17.6. The summed E-state index contributed by atoms with van der Waals surface area (Å²) >= 11 is 0. The molecule has 2 aromatic carbocycles. The molecular formula is C19H18N2O5S. The van der Waals surface area contributed by atoms with Crippen LogP contribution in [0.4, 0.5) is 11.4 Å². The van der Waals surface area contributed by atoms with Crippen molar-refractivity contribution in [3.63, 3.8) is 0 Å². The van der Waals surface area contributed by atoms with Crippen LogP contribution in [-0.4, -0.2) is 34.7 Å². The van der Waals surface area contributed by atoms with E-state index >= 15 is 0 Å². The highest BCUT2D eigenvalue weighted by Gasteiger charge is 2.16. The SMILES string of the molecule is O=c1ccc2cc(S(=O)(=O)Nc3ccc(N4CCOCC4)cc3)ccc2o1. The molecule has 1 aromatic heterocycles. The number of morpholine rings is 1. The van der Waals surface area contributed by atoms with Crippen molar-refractivity contribution in [1.82, 2.24) is 0 Å². The Labute approximate surface area is 156 Å². The number of benzene rings is 2. The summed E-state index contributed by atoms with van der Waals surface area (Å²) in [6.45, 7) is 3.02. The van der Waals surface area contributed by atoms with Crippen LogP contribution in [0.25, 0.3) is 11.0 Å². The first-order valence-electron chi connectivity index (χ1n) is 8.51. The van der Waals surface area contributed by atoms with Crippen LogP contribution >= 0.6 is 0 Å². The van der Waals surface area contributed by atoms with Crippen molar-refractivity contribution in [3.05, 3.63) is 65.0 Å². The number of sulfonamides is 1. The van der Waals surface area contributed by atoms with Gasteiger partial charge >= 0.3 is 5.63 Å². The molecule has 27 heavy (non-hydrogen) atoms. The third-order valence-corrected chi connectivity index (χ3v) is 5.78. The van der Waals surface area contributed by atoms with E-state index in [-0.39, 0.29) is 4.90 Å². The van der Waals surface area contributed by atoms with E-state index in [2.05, 4.69) is 9.62 Å². The predicted octanol–water partition coefficient (Wildman–Crippen LogP) is 2.43. The topological polar surface area (TPSA) is 88.9 Å². The fourth-order valence-electron chi connectivity index (χ4n) is 2.99. The Kier molecular flexibility index (Phi) is 4.59. The van der Waals surface area contributed by atoms with Gasteiger partial charge in [0.2, 0.25) is 0 Å². The Morgan fingerprint density at radius 3 is 2.41 bits per heavy atom. The fraction of sp³-hybridized carbons (Fsp3) is 0.211. The van der Waals surface area contributed by atoms with Crippen LogP contribution in [0.3, 0.4) is 0 Å². The molecule has 140 valence electrons. The van der Waals surface area contributed by atoms with Crippen molar-refractivity contribution >= 4 is 32.4 Å². The lowest BCUT2D eigenvalue weighted by Gasteiger charge is -2.28. The highest BCUT2D eigenvalue weighted by Crippen LogP contribution is 2.23. The molecule has 4 rings (SSSR count). The number of nitrogens with zero attached hydrogens (tertiary/aromatic N) is 1. The van der Waals surface area contributed by atoms with Crippen LogP contribution in [0.2, 0.25) is 0 Å². The molecule has 1 N–H and O–H groups in total. The molecule has 0 radical (unpaired) electrons. The highest BCUT2D eigenvalue weighted by molar-refractivity contribution is 7.92. The summed E-state index contributed by atoms with van der Waals surface area (Å²) in [5.41, 5.74) is 1.38. The zero-order valence-corrected chi connectivity index (χ0v) is 15.2. The number of ether oxygens (including phenoxy) is 1. The van der Waals surface area contributed by atoms with Crippen LogP contribution in [-0.2, 0) is 14.8 Å². The first-order chi connectivity index (χ1) is 13.0. The van der Waals surface area contributed by atoms with E-state index in [0.29, 0.717) is 29.9 Å². The first-order valence-corrected chi connectivity index (χ1v) is 9.99. The van der Waals surface area contributed by atoms with Crippen molar-refractivity contribution in [1.29, 1.82) is 0 Å². The van der Waals surface area contributed by atoms with E-state index in [1.165, 1.54) is 30.3 Å². The molecule has 0 spiro atoms. The van der Waals surface area contributed by atoms with E-state index in [9.17, 15) is 13.2 Å². The van der Waals surface area contributed by atoms with Gasteiger partial charge in [0.15, 0.2) is 0 Å². The van der Waals surface area contributed by atoms with Gasteiger partial charge in [-0.1, -0.05) is 0 Å². The van der Waals surface area contributed by atoms with Crippen molar-refractivity contribution in [2.75, 3.05) is 35.9 Å². The van der Waals surface area contributed by atoms with Gasteiger partial charge in [0, 0.05) is 35.9 Å². The number of nitrogens with one attached hydrogen (secondary N) is 1. The second-order valence-electron chi connectivity index (χ2n) is 6.21. The minimum absolute atomic E-state index is 0.0982. The third kappa shape index (κ3) is 3.81. The lowest BCUT2D eigenvalue weighted by Crippen LogP contribution is -2.36. The second-order valence-corrected chi connectivity index (χ2v) is 7.89.